The minimum atomic E-state index is -0.833. The van der Waals surface area contributed by atoms with Crippen molar-refractivity contribution in [1.82, 2.24) is 20.1 Å². The number of carbonyl (C=O) groups is 2. The molecule has 1 atom stereocenters. The van der Waals surface area contributed by atoms with Gasteiger partial charge in [-0.25, -0.2) is 19.5 Å². The SMILES string of the molecule is NOc1ccc(Oc2ccc(NC3NC(=O)N(CCO)C(=O)N3Cc3ccc(Cl)cc3)cc2)cn1. The Morgan fingerprint density at radius 1 is 1.06 bits per heavy atom. The molecule has 2 heterocycles. The topological polar surface area (TPSA) is 142 Å². The van der Waals surface area contributed by atoms with Gasteiger partial charge in [0.05, 0.1) is 25.9 Å². The van der Waals surface area contributed by atoms with E-state index in [-0.39, 0.29) is 25.6 Å². The smallest absolute Gasteiger partial charge is 0.331 e. The number of aliphatic hydroxyl groups is 1. The number of hydrogen-bond donors (Lipinski definition) is 4. The highest BCUT2D eigenvalue weighted by Crippen LogP contribution is 2.25. The van der Waals surface area contributed by atoms with E-state index in [1.54, 1.807) is 60.7 Å². The summed E-state index contributed by atoms with van der Waals surface area (Å²) in [6, 6.07) is 16.1. The first kappa shape index (κ1) is 24.1. The van der Waals surface area contributed by atoms with E-state index in [4.69, 9.17) is 22.2 Å². The highest BCUT2D eigenvalue weighted by Gasteiger charge is 2.38. The molecule has 4 rings (SSSR count). The summed E-state index contributed by atoms with van der Waals surface area (Å²) in [5, 5.41) is 15.8. The molecule has 0 spiro atoms. The number of benzene rings is 2. The molecular formula is C23H23ClN6O5. The average Bonchev–Trinajstić information content (AvgIpc) is 2.87. The molecular weight excluding hydrogens is 476 g/mol. The Bertz CT molecular complexity index is 1160. The van der Waals surface area contributed by atoms with E-state index in [2.05, 4.69) is 20.5 Å². The van der Waals surface area contributed by atoms with Crippen molar-refractivity contribution in [3.8, 4) is 17.4 Å². The molecule has 1 aromatic heterocycles. The van der Waals surface area contributed by atoms with Crippen molar-refractivity contribution < 1.29 is 24.3 Å². The number of aliphatic hydroxyl groups excluding tert-OH is 1. The summed E-state index contributed by atoms with van der Waals surface area (Å²) >= 11 is 5.97. The van der Waals surface area contributed by atoms with Crippen LogP contribution >= 0.6 is 11.6 Å². The van der Waals surface area contributed by atoms with E-state index in [0.717, 1.165) is 10.5 Å². The fraction of sp³-hybridized carbons (Fsp3) is 0.174. The highest BCUT2D eigenvalue weighted by molar-refractivity contribution is 6.30. The molecule has 4 amide bonds. The van der Waals surface area contributed by atoms with E-state index in [1.807, 2.05) is 0 Å². The van der Waals surface area contributed by atoms with Crippen LogP contribution in [0.1, 0.15) is 5.56 Å². The van der Waals surface area contributed by atoms with Gasteiger partial charge in [0.25, 0.3) is 0 Å². The molecule has 5 N–H and O–H groups in total. The third kappa shape index (κ3) is 5.90. The number of hydrogen-bond acceptors (Lipinski definition) is 8. The Morgan fingerprint density at radius 3 is 2.40 bits per heavy atom. The summed E-state index contributed by atoms with van der Waals surface area (Å²) < 4.78 is 5.75. The number of aromatic nitrogens is 1. The normalized spacial score (nSPS) is 15.6. The molecule has 12 heteroatoms. The minimum Gasteiger partial charge on any atom is -0.456 e. The van der Waals surface area contributed by atoms with Gasteiger partial charge in [0.15, 0.2) is 6.29 Å². The molecule has 2 aromatic carbocycles. The Hall–Kier alpha value is -4.06. The third-order valence-electron chi connectivity index (χ3n) is 5.11. The van der Waals surface area contributed by atoms with Gasteiger partial charge in [-0.15, -0.1) is 0 Å². The predicted molar refractivity (Wildman–Crippen MR) is 128 cm³/mol. The van der Waals surface area contributed by atoms with Crippen molar-refractivity contribution in [2.24, 2.45) is 5.90 Å². The molecule has 0 radical (unpaired) electrons. The number of ether oxygens (including phenoxy) is 1. The number of urea groups is 2. The minimum absolute atomic E-state index is 0.117. The quantitative estimate of drug-likeness (QED) is 0.330. The van der Waals surface area contributed by atoms with Crippen LogP contribution in [0.15, 0.2) is 66.9 Å². The lowest BCUT2D eigenvalue weighted by Crippen LogP contribution is -2.67. The van der Waals surface area contributed by atoms with Gasteiger partial charge < -0.3 is 20.0 Å². The zero-order valence-corrected chi connectivity index (χ0v) is 19.2. The fourth-order valence-electron chi connectivity index (χ4n) is 3.39. The van der Waals surface area contributed by atoms with Gasteiger partial charge in [-0.3, -0.25) is 10.2 Å². The first-order valence-electron chi connectivity index (χ1n) is 10.6. The van der Waals surface area contributed by atoms with Gasteiger partial charge in [-0.05, 0) is 48.0 Å². The van der Waals surface area contributed by atoms with Crippen LogP contribution in [-0.2, 0) is 6.54 Å². The van der Waals surface area contributed by atoms with Gasteiger partial charge in [0.2, 0.25) is 5.88 Å². The van der Waals surface area contributed by atoms with Gasteiger partial charge in [-0.1, -0.05) is 23.7 Å². The summed E-state index contributed by atoms with van der Waals surface area (Å²) in [7, 11) is 0. The lowest BCUT2D eigenvalue weighted by atomic mass is 10.2. The van der Waals surface area contributed by atoms with Crippen LogP contribution in [0.3, 0.4) is 0 Å². The Kier molecular flexibility index (Phi) is 7.51. The van der Waals surface area contributed by atoms with E-state index >= 15 is 0 Å². The summed E-state index contributed by atoms with van der Waals surface area (Å²) in [4.78, 5) is 36.5. The van der Waals surface area contributed by atoms with Crippen LogP contribution in [0.5, 0.6) is 17.4 Å². The zero-order chi connectivity index (χ0) is 24.8. The van der Waals surface area contributed by atoms with Crippen molar-refractivity contribution in [2.45, 2.75) is 12.8 Å². The summed E-state index contributed by atoms with van der Waals surface area (Å²) in [5.41, 5.74) is 1.45. The second-order valence-electron chi connectivity index (χ2n) is 7.48. The highest BCUT2D eigenvalue weighted by atomic mass is 35.5. The van der Waals surface area contributed by atoms with Crippen molar-refractivity contribution in [3.63, 3.8) is 0 Å². The van der Waals surface area contributed by atoms with Gasteiger partial charge in [0.1, 0.15) is 11.5 Å². The van der Waals surface area contributed by atoms with Crippen LogP contribution in [0.2, 0.25) is 5.02 Å². The summed E-state index contributed by atoms with van der Waals surface area (Å²) in [6.45, 7) is -0.259. The number of carbonyl (C=O) groups excluding carboxylic acids is 2. The van der Waals surface area contributed by atoms with Crippen molar-refractivity contribution in [2.75, 3.05) is 18.5 Å². The lowest BCUT2D eigenvalue weighted by Gasteiger charge is -2.41. The van der Waals surface area contributed by atoms with E-state index < -0.39 is 18.4 Å². The summed E-state index contributed by atoms with van der Waals surface area (Å²) in [6.07, 6.45) is 0.644. The number of nitrogens with zero attached hydrogens (tertiary/aromatic N) is 3. The number of nitrogens with one attached hydrogen (secondary N) is 2. The Balaban J connectivity index is 1.48. The molecule has 0 saturated carbocycles. The summed E-state index contributed by atoms with van der Waals surface area (Å²) in [5.74, 6) is 6.38. The van der Waals surface area contributed by atoms with Crippen molar-refractivity contribution in [3.05, 3.63) is 77.4 Å². The largest absolute Gasteiger partial charge is 0.456 e. The van der Waals surface area contributed by atoms with Crippen LogP contribution in [0.25, 0.3) is 0 Å². The molecule has 1 saturated heterocycles. The molecule has 11 nitrogen and oxygen atoms in total. The lowest BCUT2D eigenvalue weighted by molar-refractivity contribution is 0.0992. The van der Waals surface area contributed by atoms with E-state index in [9.17, 15) is 14.7 Å². The van der Waals surface area contributed by atoms with Crippen LogP contribution < -0.4 is 26.1 Å². The average molecular weight is 499 g/mol. The Morgan fingerprint density at radius 2 is 1.77 bits per heavy atom. The maximum Gasteiger partial charge on any atom is 0.331 e. The number of rotatable bonds is 9. The van der Waals surface area contributed by atoms with Crippen LogP contribution in [-0.4, -0.2) is 51.4 Å². The maximum atomic E-state index is 13.1. The van der Waals surface area contributed by atoms with E-state index in [0.29, 0.717) is 22.2 Å². The molecule has 1 unspecified atom stereocenters. The molecule has 182 valence electrons. The van der Waals surface area contributed by atoms with E-state index in [1.165, 1.54) is 11.1 Å². The third-order valence-corrected chi connectivity index (χ3v) is 5.36. The van der Waals surface area contributed by atoms with Gasteiger partial charge in [0, 0.05) is 16.8 Å². The second kappa shape index (κ2) is 10.9. The van der Waals surface area contributed by atoms with Crippen molar-refractivity contribution in [1.29, 1.82) is 0 Å². The number of amides is 4. The van der Waals surface area contributed by atoms with Crippen LogP contribution in [0, 0.1) is 0 Å². The van der Waals surface area contributed by atoms with Gasteiger partial charge >= 0.3 is 12.1 Å². The Labute approximate surface area is 206 Å². The fourth-order valence-corrected chi connectivity index (χ4v) is 3.52. The number of nitrogens with two attached hydrogens (primary N) is 1. The number of β-amino-alcohol motifs (C(OH)–C–C–N with tert-alkyl or cyclic N) is 1. The first-order chi connectivity index (χ1) is 17.0. The number of pyridine rings is 1. The second-order valence-corrected chi connectivity index (χ2v) is 7.92. The monoisotopic (exact) mass is 498 g/mol. The molecule has 0 aliphatic carbocycles. The molecule has 1 fully saturated rings. The predicted octanol–water partition coefficient (Wildman–Crippen LogP) is 3.12. The molecule has 0 bridgehead atoms. The zero-order valence-electron chi connectivity index (χ0n) is 18.4. The van der Waals surface area contributed by atoms with Gasteiger partial charge in [-0.2, -0.15) is 5.90 Å². The van der Waals surface area contributed by atoms with Crippen LogP contribution in [0.4, 0.5) is 15.3 Å². The standard InChI is InChI=1S/C23H23ClN6O5/c24-16-3-1-15(2-4-16)14-30-21(28-22(32)29(11-12-31)23(30)33)27-17-5-7-18(8-6-17)34-19-9-10-20(35-25)26-13-19/h1-10,13,21,27,31H,11-12,14,25H2,(H,28,32). The first-order valence-corrected chi connectivity index (χ1v) is 11.0. The molecule has 3 aromatic rings. The molecule has 1 aliphatic rings. The number of imide groups is 1. The van der Waals surface area contributed by atoms with Crippen molar-refractivity contribution >= 4 is 29.4 Å². The number of anilines is 1. The molecule has 1 aliphatic heterocycles. The molecule has 35 heavy (non-hydrogen) atoms. The number of halogens is 1. The maximum absolute atomic E-state index is 13.1.